The lowest BCUT2D eigenvalue weighted by Gasteiger charge is -2.47. The fourth-order valence-corrected chi connectivity index (χ4v) is 4.46. The lowest BCUT2D eigenvalue weighted by molar-refractivity contribution is -0.149. The van der Waals surface area contributed by atoms with Crippen molar-refractivity contribution in [1.29, 1.82) is 0 Å². The highest BCUT2D eigenvalue weighted by Crippen LogP contribution is 2.47. The number of benzene rings is 1. The van der Waals surface area contributed by atoms with Crippen molar-refractivity contribution < 1.29 is 24.4 Å². The average Bonchev–Trinajstić information content (AvgIpc) is 2.60. The summed E-state index contributed by atoms with van der Waals surface area (Å²) in [7, 11) is 1.58. The van der Waals surface area contributed by atoms with Crippen LogP contribution in [-0.4, -0.2) is 65.8 Å². The van der Waals surface area contributed by atoms with Crippen molar-refractivity contribution in [3.63, 3.8) is 0 Å². The minimum absolute atomic E-state index is 0.0655. The van der Waals surface area contributed by atoms with Gasteiger partial charge in [0.05, 0.1) is 36.0 Å². The number of methoxy groups -OCH3 is 1. The standard InChI is InChI=1S/C21H32ClNO5/c1-12(24)11-27-20-17(26-5)8-14-13(19(20)22)6-7-23-10-18(28-21(2,3)4)16(25)9-15(14)23/h8,12,15-16,18,24-25H,6-7,9-11H2,1-5H3/t12-,15-,16-,18-/m1/s1. The van der Waals surface area contributed by atoms with Gasteiger partial charge in [-0.3, -0.25) is 4.90 Å². The molecule has 0 saturated carbocycles. The Hall–Kier alpha value is -1.05. The third-order valence-electron chi connectivity index (χ3n) is 5.27. The Balaban J connectivity index is 1.89. The van der Waals surface area contributed by atoms with Crippen molar-refractivity contribution in [3.8, 4) is 11.5 Å². The van der Waals surface area contributed by atoms with Crippen molar-refractivity contribution in [3.05, 3.63) is 22.2 Å². The Bertz CT molecular complexity index is 703. The minimum atomic E-state index is -0.597. The second-order valence-corrected chi connectivity index (χ2v) is 9.16. The molecule has 1 aromatic rings. The molecule has 0 spiro atoms. The van der Waals surface area contributed by atoms with Crippen LogP contribution in [0.3, 0.4) is 0 Å². The molecular formula is C21H32ClNO5. The molecular weight excluding hydrogens is 382 g/mol. The smallest absolute Gasteiger partial charge is 0.180 e. The summed E-state index contributed by atoms with van der Waals surface area (Å²) < 4.78 is 17.3. The molecule has 0 amide bonds. The highest BCUT2D eigenvalue weighted by Gasteiger charge is 2.41. The number of piperidine rings is 1. The van der Waals surface area contributed by atoms with Crippen LogP contribution >= 0.6 is 11.6 Å². The summed E-state index contributed by atoms with van der Waals surface area (Å²) >= 11 is 6.69. The van der Waals surface area contributed by atoms with Crippen molar-refractivity contribution in [1.82, 2.24) is 4.90 Å². The largest absolute Gasteiger partial charge is 0.493 e. The number of fused-ring (bicyclic) bond motifs is 3. The summed E-state index contributed by atoms with van der Waals surface area (Å²) in [6.45, 7) is 9.37. The van der Waals surface area contributed by atoms with E-state index in [0.29, 0.717) is 29.5 Å². The molecule has 3 rings (SSSR count). The normalized spacial score (nSPS) is 26.4. The maximum atomic E-state index is 10.7. The summed E-state index contributed by atoms with van der Waals surface area (Å²) in [4.78, 5) is 2.36. The van der Waals surface area contributed by atoms with E-state index in [2.05, 4.69) is 4.90 Å². The number of aliphatic hydroxyl groups is 2. The summed E-state index contributed by atoms with van der Waals surface area (Å²) in [5.41, 5.74) is 1.81. The number of ether oxygens (including phenoxy) is 3. The first-order valence-electron chi connectivity index (χ1n) is 9.90. The van der Waals surface area contributed by atoms with Gasteiger partial charge < -0.3 is 24.4 Å². The van der Waals surface area contributed by atoms with Crippen LogP contribution < -0.4 is 9.47 Å². The molecule has 0 radical (unpaired) electrons. The number of aliphatic hydroxyl groups excluding tert-OH is 2. The Morgan fingerprint density at radius 3 is 2.68 bits per heavy atom. The molecule has 2 aliphatic rings. The number of nitrogens with zero attached hydrogens (tertiary/aromatic N) is 1. The van der Waals surface area contributed by atoms with E-state index in [1.807, 2.05) is 26.8 Å². The minimum Gasteiger partial charge on any atom is -0.493 e. The number of halogens is 1. The number of hydrogen-bond acceptors (Lipinski definition) is 6. The molecule has 0 aromatic heterocycles. The van der Waals surface area contributed by atoms with Gasteiger partial charge in [-0.15, -0.1) is 0 Å². The monoisotopic (exact) mass is 413 g/mol. The van der Waals surface area contributed by atoms with Gasteiger partial charge in [-0.25, -0.2) is 0 Å². The Morgan fingerprint density at radius 2 is 2.07 bits per heavy atom. The zero-order valence-electron chi connectivity index (χ0n) is 17.4. The Morgan fingerprint density at radius 1 is 1.36 bits per heavy atom. The molecule has 158 valence electrons. The fraction of sp³-hybridized carbons (Fsp3) is 0.714. The second kappa shape index (κ2) is 8.36. The van der Waals surface area contributed by atoms with E-state index >= 15 is 0 Å². The van der Waals surface area contributed by atoms with Crippen molar-refractivity contribution in [2.75, 3.05) is 26.8 Å². The van der Waals surface area contributed by atoms with Gasteiger partial charge in [-0.05, 0) is 57.7 Å². The molecule has 2 N–H and O–H groups in total. The predicted molar refractivity (Wildman–Crippen MR) is 108 cm³/mol. The third-order valence-corrected chi connectivity index (χ3v) is 5.67. The van der Waals surface area contributed by atoms with Crippen LogP contribution in [0.1, 0.15) is 51.3 Å². The summed E-state index contributed by atoms with van der Waals surface area (Å²) in [6.07, 6.45) is 0.0331. The maximum Gasteiger partial charge on any atom is 0.180 e. The van der Waals surface area contributed by atoms with Gasteiger partial charge in [-0.2, -0.15) is 0 Å². The quantitative estimate of drug-likeness (QED) is 0.773. The first-order valence-corrected chi connectivity index (χ1v) is 10.3. The molecule has 0 bridgehead atoms. The molecule has 2 heterocycles. The topological polar surface area (TPSA) is 71.4 Å². The number of hydrogen-bond donors (Lipinski definition) is 2. The highest BCUT2D eigenvalue weighted by molar-refractivity contribution is 6.33. The van der Waals surface area contributed by atoms with Crippen molar-refractivity contribution >= 4 is 11.6 Å². The molecule has 4 atom stereocenters. The van der Waals surface area contributed by atoms with Crippen LogP contribution in [0.4, 0.5) is 0 Å². The lowest BCUT2D eigenvalue weighted by atomic mass is 9.84. The average molecular weight is 414 g/mol. The fourth-order valence-electron chi connectivity index (χ4n) is 4.11. The van der Waals surface area contributed by atoms with Crippen LogP contribution in [0.5, 0.6) is 11.5 Å². The highest BCUT2D eigenvalue weighted by atomic mass is 35.5. The molecule has 1 aromatic carbocycles. The van der Waals surface area contributed by atoms with Crippen LogP contribution in [0.2, 0.25) is 5.02 Å². The first kappa shape index (κ1) is 21.7. The van der Waals surface area contributed by atoms with Crippen LogP contribution in [0.15, 0.2) is 6.07 Å². The SMILES string of the molecule is COc1cc2c(c(Cl)c1OC[C@@H](C)O)CCN1C[C@@H](OC(C)(C)C)[C@H](O)C[C@H]21. The van der Waals surface area contributed by atoms with Gasteiger partial charge >= 0.3 is 0 Å². The first-order chi connectivity index (χ1) is 13.1. The van der Waals surface area contributed by atoms with E-state index in [-0.39, 0.29) is 24.4 Å². The maximum absolute atomic E-state index is 10.7. The van der Waals surface area contributed by atoms with Crippen molar-refractivity contribution in [2.24, 2.45) is 0 Å². The molecule has 0 unspecified atom stereocenters. The van der Waals surface area contributed by atoms with E-state index in [1.165, 1.54) is 0 Å². The second-order valence-electron chi connectivity index (χ2n) is 8.78. The molecule has 2 aliphatic heterocycles. The molecule has 1 saturated heterocycles. The van der Waals surface area contributed by atoms with Gasteiger partial charge in [0.15, 0.2) is 11.5 Å². The van der Waals surface area contributed by atoms with E-state index < -0.39 is 12.2 Å². The van der Waals surface area contributed by atoms with Crippen LogP contribution in [0, 0.1) is 0 Å². The van der Waals surface area contributed by atoms with Gasteiger partial charge in [0, 0.05) is 19.1 Å². The van der Waals surface area contributed by atoms with Crippen LogP contribution in [-0.2, 0) is 11.2 Å². The Kier molecular flexibility index (Phi) is 6.47. The molecule has 1 fully saturated rings. The van der Waals surface area contributed by atoms with E-state index in [0.717, 1.165) is 24.1 Å². The van der Waals surface area contributed by atoms with Gasteiger partial charge in [0.25, 0.3) is 0 Å². The van der Waals surface area contributed by atoms with Crippen molar-refractivity contribution in [2.45, 2.75) is 70.5 Å². The van der Waals surface area contributed by atoms with Crippen LogP contribution in [0.25, 0.3) is 0 Å². The van der Waals surface area contributed by atoms with Gasteiger partial charge in [0.2, 0.25) is 0 Å². The lowest BCUT2D eigenvalue weighted by Crippen LogP contribution is -2.53. The molecule has 0 aliphatic carbocycles. The predicted octanol–water partition coefficient (Wildman–Crippen LogP) is 2.96. The summed E-state index contributed by atoms with van der Waals surface area (Å²) in [6, 6.07) is 2.03. The van der Waals surface area contributed by atoms with E-state index in [4.69, 9.17) is 25.8 Å². The van der Waals surface area contributed by atoms with Gasteiger partial charge in [0.1, 0.15) is 6.61 Å². The summed E-state index contributed by atoms with van der Waals surface area (Å²) in [5, 5.41) is 20.8. The Labute approximate surface area is 172 Å². The summed E-state index contributed by atoms with van der Waals surface area (Å²) in [5.74, 6) is 1.02. The zero-order valence-corrected chi connectivity index (χ0v) is 18.1. The number of rotatable bonds is 5. The molecule has 28 heavy (non-hydrogen) atoms. The molecule has 6 nitrogen and oxygen atoms in total. The van der Waals surface area contributed by atoms with E-state index in [1.54, 1.807) is 14.0 Å². The van der Waals surface area contributed by atoms with E-state index in [9.17, 15) is 10.2 Å². The molecule has 7 heteroatoms. The zero-order chi connectivity index (χ0) is 20.6. The van der Waals surface area contributed by atoms with Gasteiger partial charge in [-0.1, -0.05) is 11.6 Å². The third kappa shape index (κ3) is 4.57.